The molecule has 1 aliphatic rings. The summed E-state index contributed by atoms with van der Waals surface area (Å²) in [5.41, 5.74) is 8.16. The maximum absolute atomic E-state index is 13.1. The predicted octanol–water partition coefficient (Wildman–Crippen LogP) is 2.06. The van der Waals surface area contributed by atoms with Gasteiger partial charge in [-0.05, 0) is 49.6 Å². The number of likely N-dealkylation sites (tertiary alicyclic amines) is 1. The Morgan fingerprint density at radius 3 is 3.06 bits per heavy atom. The predicted molar refractivity (Wildman–Crippen MR) is 63.6 cm³/mol. The highest BCUT2D eigenvalue weighted by Gasteiger charge is 2.17. The van der Waals surface area contributed by atoms with Gasteiger partial charge in [0.05, 0.1) is 0 Å². The molecule has 2 nitrogen and oxygen atoms in total. The maximum atomic E-state index is 13.1. The lowest BCUT2D eigenvalue weighted by Crippen LogP contribution is -2.42. The molecule has 1 aromatic carbocycles. The molecule has 0 radical (unpaired) electrons. The summed E-state index contributed by atoms with van der Waals surface area (Å²) in [6, 6.07) is 5.27. The van der Waals surface area contributed by atoms with Crippen molar-refractivity contribution >= 4 is 0 Å². The second-order valence-corrected chi connectivity index (χ2v) is 4.71. The Hall–Kier alpha value is -0.930. The molecule has 0 aromatic heterocycles. The van der Waals surface area contributed by atoms with Gasteiger partial charge in [-0.1, -0.05) is 6.07 Å². The minimum absolute atomic E-state index is 0.151. The van der Waals surface area contributed by atoms with Gasteiger partial charge >= 0.3 is 0 Å². The highest BCUT2D eigenvalue weighted by molar-refractivity contribution is 5.26. The Kier molecular flexibility index (Phi) is 3.56. The van der Waals surface area contributed by atoms with Crippen LogP contribution in [0.4, 0.5) is 4.39 Å². The molecular formula is C13H19FN2. The smallest absolute Gasteiger partial charge is 0.123 e. The van der Waals surface area contributed by atoms with E-state index in [0.29, 0.717) is 0 Å². The van der Waals surface area contributed by atoms with Crippen molar-refractivity contribution in [1.82, 2.24) is 4.90 Å². The first-order chi connectivity index (χ1) is 7.65. The highest BCUT2D eigenvalue weighted by atomic mass is 19.1. The molecule has 1 heterocycles. The third kappa shape index (κ3) is 2.80. The van der Waals surface area contributed by atoms with Crippen LogP contribution in [0, 0.1) is 12.7 Å². The summed E-state index contributed by atoms with van der Waals surface area (Å²) in [7, 11) is 0. The van der Waals surface area contributed by atoms with E-state index in [0.717, 1.165) is 43.6 Å². The monoisotopic (exact) mass is 222 g/mol. The lowest BCUT2D eigenvalue weighted by Gasteiger charge is -2.31. The van der Waals surface area contributed by atoms with E-state index in [1.54, 1.807) is 6.07 Å². The van der Waals surface area contributed by atoms with Crippen molar-refractivity contribution in [3.8, 4) is 0 Å². The molecule has 1 aromatic rings. The maximum Gasteiger partial charge on any atom is 0.123 e. The van der Waals surface area contributed by atoms with Crippen LogP contribution in [-0.2, 0) is 6.54 Å². The number of benzene rings is 1. The van der Waals surface area contributed by atoms with Crippen LogP contribution in [0.2, 0.25) is 0 Å². The van der Waals surface area contributed by atoms with E-state index in [4.69, 9.17) is 5.73 Å². The molecule has 0 amide bonds. The number of nitrogens with two attached hydrogens (primary N) is 1. The second-order valence-electron chi connectivity index (χ2n) is 4.71. The van der Waals surface area contributed by atoms with E-state index in [-0.39, 0.29) is 11.9 Å². The van der Waals surface area contributed by atoms with Gasteiger partial charge in [0.2, 0.25) is 0 Å². The van der Waals surface area contributed by atoms with E-state index < -0.39 is 0 Å². The zero-order chi connectivity index (χ0) is 11.5. The fraction of sp³-hybridized carbons (Fsp3) is 0.538. The molecule has 88 valence electrons. The first-order valence-corrected chi connectivity index (χ1v) is 5.88. The van der Waals surface area contributed by atoms with E-state index in [1.807, 2.05) is 13.0 Å². The highest BCUT2D eigenvalue weighted by Crippen LogP contribution is 2.16. The topological polar surface area (TPSA) is 29.3 Å². The molecule has 1 aliphatic heterocycles. The van der Waals surface area contributed by atoms with Crippen molar-refractivity contribution in [2.75, 3.05) is 13.1 Å². The minimum atomic E-state index is -0.151. The third-order valence-corrected chi connectivity index (χ3v) is 3.25. The Morgan fingerprint density at radius 2 is 2.31 bits per heavy atom. The van der Waals surface area contributed by atoms with E-state index in [9.17, 15) is 4.39 Å². The number of hydrogen-bond acceptors (Lipinski definition) is 2. The molecule has 1 atom stereocenters. The normalized spacial score (nSPS) is 22.3. The third-order valence-electron chi connectivity index (χ3n) is 3.25. The average Bonchev–Trinajstić information content (AvgIpc) is 2.24. The summed E-state index contributed by atoms with van der Waals surface area (Å²) in [5.74, 6) is -0.151. The van der Waals surface area contributed by atoms with Crippen LogP contribution in [0.15, 0.2) is 18.2 Å². The van der Waals surface area contributed by atoms with Crippen molar-refractivity contribution in [2.24, 2.45) is 5.73 Å². The summed E-state index contributed by atoms with van der Waals surface area (Å²) in [4.78, 5) is 2.32. The molecule has 0 aliphatic carbocycles. The van der Waals surface area contributed by atoms with Crippen molar-refractivity contribution < 1.29 is 4.39 Å². The molecular weight excluding hydrogens is 203 g/mol. The molecule has 2 N–H and O–H groups in total. The van der Waals surface area contributed by atoms with Crippen LogP contribution in [0.1, 0.15) is 24.0 Å². The first kappa shape index (κ1) is 11.6. The zero-order valence-electron chi connectivity index (χ0n) is 9.75. The van der Waals surface area contributed by atoms with Crippen LogP contribution in [0.5, 0.6) is 0 Å². The fourth-order valence-electron chi connectivity index (χ4n) is 2.29. The van der Waals surface area contributed by atoms with E-state index in [2.05, 4.69) is 4.90 Å². The van der Waals surface area contributed by atoms with Gasteiger partial charge in [-0.3, -0.25) is 4.90 Å². The second kappa shape index (κ2) is 4.93. The van der Waals surface area contributed by atoms with Gasteiger partial charge in [-0.15, -0.1) is 0 Å². The molecule has 2 rings (SSSR count). The van der Waals surface area contributed by atoms with Gasteiger partial charge in [0.1, 0.15) is 5.82 Å². The van der Waals surface area contributed by atoms with Crippen LogP contribution in [0.25, 0.3) is 0 Å². The van der Waals surface area contributed by atoms with Gasteiger partial charge in [-0.25, -0.2) is 4.39 Å². The summed E-state index contributed by atoms with van der Waals surface area (Å²) in [6.45, 7) is 4.84. The zero-order valence-corrected chi connectivity index (χ0v) is 9.75. The Bertz CT molecular complexity index is 365. The van der Waals surface area contributed by atoms with Crippen LogP contribution in [0.3, 0.4) is 0 Å². The van der Waals surface area contributed by atoms with Gasteiger partial charge in [0.15, 0.2) is 0 Å². The van der Waals surface area contributed by atoms with Crippen LogP contribution >= 0.6 is 0 Å². The number of nitrogens with zero attached hydrogens (tertiary/aromatic N) is 1. The van der Waals surface area contributed by atoms with Crippen molar-refractivity contribution in [2.45, 2.75) is 32.4 Å². The van der Waals surface area contributed by atoms with Gasteiger partial charge in [0, 0.05) is 19.1 Å². The molecule has 0 saturated carbocycles. The van der Waals surface area contributed by atoms with Gasteiger partial charge < -0.3 is 5.73 Å². The largest absolute Gasteiger partial charge is 0.327 e. The number of halogens is 1. The van der Waals surface area contributed by atoms with Crippen molar-refractivity contribution in [3.63, 3.8) is 0 Å². The summed E-state index contributed by atoms with van der Waals surface area (Å²) in [6.07, 6.45) is 2.26. The van der Waals surface area contributed by atoms with Gasteiger partial charge in [-0.2, -0.15) is 0 Å². The summed E-state index contributed by atoms with van der Waals surface area (Å²) in [5, 5.41) is 0. The Balaban J connectivity index is 2.05. The molecule has 1 saturated heterocycles. The van der Waals surface area contributed by atoms with Crippen molar-refractivity contribution in [3.05, 3.63) is 35.1 Å². The Morgan fingerprint density at radius 1 is 1.50 bits per heavy atom. The first-order valence-electron chi connectivity index (χ1n) is 5.88. The SMILES string of the molecule is Cc1ccc(F)cc1CN1CCC[C@H](N)C1. The number of rotatable bonds is 2. The quantitative estimate of drug-likeness (QED) is 0.830. The average molecular weight is 222 g/mol. The summed E-state index contributed by atoms with van der Waals surface area (Å²) < 4.78 is 13.1. The molecule has 1 fully saturated rings. The molecule has 16 heavy (non-hydrogen) atoms. The molecule has 0 unspecified atom stereocenters. The number of hydrogen-bond donors (Lipinski definition) is 1. The standard InChI is InChI=1S/C13H19FN2/c1-10-4-5-12(14)7-11(10)8-16-6-2-3-13(15)9-16/h4-5,7,13H,2-3,6,8-9,15H2,1H3/t13-/m0/s1. The minimum Gasteiger partial charge on any atom is -0.327 e. The lowest BCUT2D eigenvalue weighted by atomic mass is 10.0. The van der Waals surface area contributed by atoms with E-state index in [1.165, 1.54) is 6.07 Å². The summed E-state index contributed by atoms with van der Waals surface area (Å²) >= 11 is 0. The fourth-order valence-corrected chi connectivity index (χ4v) is 2.29. The number of aryl methyl sites for hydroxylation is 1. The van der Waals surface area contributed by atoms with Crippen LogP contribution in [-0.4, -0.2) is 24.0 Å². The number of piperidine rings is 1. The van der Waals surface area contributed by atoms with Crippen molar-refractivity contribution in [1.29, 1.82) is 0 Å². The molecule has 0 bridgehead atoms. The Labute approximate surface area is 96.2 Å². The van der Waals surface area contributed by atoms with Crippen LogP contribution < -0.4 is 5.73 Å². The van der Waals surface area contributed by atoms with Gasteiger partial charge in [0.25, 0.3) is 0 Å². The molecule has 3 heteroatoms. The molecule has 0 spiro atoms. The lowest BCUT2D eigenvalue weighted by molar-refractivity contribution is 0.201. The van der Waals surface area contributed by atoms with E-state index >= 15 is 0 Å².